The molecule has 6 heteroatoms. The third-order valence-corrected chi connectivity index (χ3v) is 2.31. The third kappa shape index (κ3) is 2.39. The summed E-state index contributed by atoms with van der Waals surface area (Å²) < 4.78 is 36.4. The molecule has 0 aromatic heterocycles. The molecule has 14 heavy (non-hydrogen) atoms. The number of aliphatic hydroxyl groups is 1. The van der Waals surface area contributed by atoms with E-state index >= 15 is 0 Å². The van der Waals surface area contributed by atoms with Crippen molar-refractivity contribution in [3.8, 4) is 5.75 Å². The Labute approximate surface area is 86.1 Å². The second-order valence-electron chi connectivity index (χ2n) is 2.65. The predicted molar refractivity (Wildman–Crippen MR) is 46.8 cm³/mol. The van der Waals surface area contributed by atoms with Crippen molar-refractivity contribution in [3.05, 3.63) is 28.2 Å². The summed E-state index contributed by atoms with van der Waals surface area (Å²) in [5, 5.41) is 17.8. The fourth-order valence-electron chi connectivity index (χ4n) is 0.917. The van der Waals surface area contributed by atoms with Gasteiger partial charge in [-0.1, -0.05) is 15.9 Å². The molecule has 0 fully saturated rings. The van der Waals surface area contributed by atoms with E-state index in [9.17, 15) is 13.2 Å². The Hall–Kier alpha value is -0.750. The van der Waals surface area contributed by atoms with Gasteiger partial charge in [0.25, 0.3) is 0 Å². The molecule has 0 aliphatic rings. The lowest BCUT2D eigenvalue weighted by Gasteiger charge is -2.16. The van der Waals surface area contributed by atoms with Crippen LogP contribution in [0.2, 0.25) is 0 Å². The van der Waals surface area contributed by atoms with Crippen molar-refractivity contribution < 1.29 is 23.4 Å². The average molecular weight is 271 g/mol. The van der Waals surface area contributed by atoms with Gasteiger partial charge in [-0.2, -0.15) is 13.2 Å². The summed E-state index contributed by atoms with van der Waals surface area (Å²) in [6.07, 6.45) is -7.33. The number of alkyl halides is 3. The molecule has 1 atom stereocenters. The Bertz CT molecular complexity index is 338. The zero-order valence-electron chi connectivity index (χ0n) is 6.72. The van der Waals surface area contributed by atoms with E-state index in [1.807, 2.05) is 0 Å². The van der Waals surface area contributed by atoms with Gasteiger partial charge in [-0.25, -0.2) is 0 Å². The van der Waals surface area contributed by atoms with Crippen molar-refractivity contribution in [1.82, 2.24) is 0 Å². The van der Waals surface area contributed by atoms with Crippen LogP contribution in [0.3, 0.4) is 0 Å². The molecule has 2 N–H and O–H groups in total. The molecule has 1 rings (SSSR count). The van der Waals surface area contributed by atoms with Crippen LogP contribution in [0.4, 0.5) is 13.2 Å². The normalized spacial score (nSPS) is 14.1. The van der Waals surface area contributed by atoms with Gasteiger partial charge in [-0.05, 0) is 18.2 Å². The summed E-state index contributed by atoms with van der Waals surface area (Å²) in [5.41, 5.74) is -0.405. The van der Waals surface area contributed by atoms with Gasteiger partial charge in [0, 0.05) is 10.0 Å². The van der Waals surface area contributed by atoms with Gasteiger partial charge in [-0.15, -0.1) is 0 Å². The van der Waals surface area contributed by atoms with Crippen LogP contribution >= 0.6 is 15.9 Å². The molecule has 78 valence electrons. The van der Waals surface area contributed by atoms with E-state index in [4.69, 9.17) is 10.2 Å². The average Bonchev–Trinajstić information content (AvgIpc) is 2.06. The van der Waals surface area contributed by atoms with E-state index in [-0.39, 0.29) is 10.2 Å². The molecule has 1 unspecified atom stereocenters. The van der Waals surface area contributed by atoms with Crippen molar-refractivity contribution in [2.75, 3.05) is 0 Å². The number of halogens is 4. The molecular weight excluding hydrogens is 265 g/mol. The van der Waals surface area contributed by atoms with E-state index in [0.29, 0.717) is 0 Å². The first-order valence-corrected chi connectivity index (χ1v) is 4.35. The zero-order valence-corrected chi connectivity index (χ0v) is 8.30. The van der Waals surface area contributed by atoms with Crippen molar-refractivity contribution in [2.24, 2.45) is 0 Å². The monoisotopic (exact) mass is 270 g/mol. The molecule has 0 spiro atoms. The highest BCUT2D eigenvalue weighted by Gasteiger charge is 2.40. The van der Waals surface area contributed by atoms with Gasteiger partial charge in [0.15, 0.2) is 6.10 Å². The van der Waals surface area contributed by atoms with Gasteiger partial charge in [0.2, 0.25) is 0 Å². The fraction of sp³-hybridized carbons (Fsp3) is 0.250. The van der Waals surface area contributed by atoms with Gasteiger partial charge in [0.05, 0.1) is 0 Å². The summed E-state index contributed by atoms with van der Waals surface area (Å²) in [6.45, 7) is 0. The van der Waals surface area contributed by atoms with Crippen molar-refractivity contribution in [2.45, 2.75) is 12.3 Å². The first-order chi connectivity index (χ1) is 6.32. The van der Waals surface area contributed by atoms with Crippen LogP contribution in [0.25, 0.3) is 0 Å². The van der Waals surface area contributed by atoms with Crippen LogP contribution in [0, 0.1) is 0 Å². The van der Waals surface area contributed by atoms with Crippen molar-refractivity contribution in [1.29, 1.82) is 0 Å². The lowest BCUT2D eigenvalue weighted by atomic mass is 10.1. The lowest BCUT2D eigenvalue weighted by Crippen LogP contribution is -2.20. The number of hydrogen-bond acceptors (Lipinski definition) is 2. The SMILES string of the molecule is Oc1ccc(Br)c(C(O)C(F)(F)F)c1. The van der Waals surface area contributed by atoms with E-state index < -0.39 is 17.8 Å². The smallest absolute Gasteiger partial charge is 0.418 e. The topological polar surface area (TPSA) is 40.5 Å². The maximum absolute atomic E-state index is 12.1. The van der Waals surface area contributed by atoms with Gasteiger partial charge < -0.3 is 10.2 Å². The second-order valence-corrected chi connectivity index (χ2v) is 3.50. The lowest BCUT2D eigenvalue weighted by molar-refractivity contribution is -0.207. The Kier molecular flexibility index (Phi) is 3.06. The summed E-state index contributed by atoms with van der Waals surface area (Å²) in [5.74, 6) is -0.327. The number of phenolic OH excluding ortho intramolecular Hbond substituents is 1. The van der Waals surface area contributed by atoms with E-state index in [2.05, 4.69) is 15.9 Å². The Morgan fingerprint density at radius 2 is 1.86 bits per heavy atom. The number of aromatic hydroxyl groups is 1. The van der Waals surface area contributed by atoms with Gasteiger partial charge in [0.1, 0.15) is 5.75 Å². The highest BCUT2D eigenvalue weighted by Crippen LogP contribution is 2.37. The van der Waals surface area contributed by atoms with Gasteiger partial charge >= 0.3 is 6.18 Å². The molecule has 2 nitrogen and oxygen atoms in total. The molecule has 0 saturated carbocycles. The second kappa shape index (κ2) is 3.78. The van der Waals surface area contributed by atoms with E-state index in [1.54, 1.807) is 0 Å². The molecule has 0 heterocycles. The van der Waals surface area contributed by atoms with Crippen LogP contribution in [0.5, 0.6) is 5.75 Å². The molecular formula is C8H6BrF3O2. The number of aliphatic hydroxyl groups excluding tert-OH is 1. The number of hydrogen-bond donors (Lipinski definition) is 2. The standard InChI is InChI=1S/C8H6BrF3O2/c9-6-2-1-4(13)3-5(6)7(14)8(10,11)12/h1-3,7,13-14H. The Morgan fingerprint density at radius 3 is 2.36 bits per heavy atom. The molecule has 0 amide bonds. The minimum Gasteiger partial charge on any atom is -0.508 e. The van der Waals surface area contributed by atoms with Crippen LogP contribution < -0.4 is 0 Å². The molecule has 0 aliphatic heterocycles. The van der Waals surface area contributed by atoms with Crippen molar-refractivity contribution in [3.63, 3.8) is 0 Å². The summed E-state index contributed by atoms with van der Waals surface area (Å²) in [7, 11) is 0. The van der Waals surface area contributed by atoms with Crippen molar-refractivity contribution >= 4 is 15.9 Å². The van der Waals surface area contributed by atoms with Crippen LogP contribution in [0.1, 0.15) is 11.7 Å². The molecule has 1 aromatic rings. The quantitative estimate of drug-likeness (QED) is 0.824. The Morgan fingerprint density at radius 1 is 1.29 bits per heavy atom. The van der Waals surface area contributed by atoms with Crippen LogP contribution in [-0.4, -0.2) is 16.4 Å². The maximum Gasteiger partial charge on any atom is 0.418 e. The molecule has 0 radical (unpaired) electrons. The third-order valence-electron chi connectivity index (χ3n) is 1.58. The zero-order chi connectivity index (χ0) is 10.9. The van der Waals surface area contributed by atoms with Crippen LogP contribution in [-0.2, 0) is 0 Å². The van der Waals surface area contributed by atoms with Crippen LogP contribution in [0.15, 0.2) is 22.7 Å². The van der Waals surface area contributed by atoms with Gasteiger partial charge in [-0.3, -0.25) is 0 Å². The number of phenols is 1. The summed E-state index contributed by atoms with van der Waals surface area (Å²) in [6, 6.07) is 3.32. The number of benzene rings is 1. The fourth-order valence-corrected chi connectivity index (χ4v) is 1.38. The largest absolute Gasteiger partial charge is 0.508 e. The molecule has 0 saturated heterocycles. The van der Waals surface area contributed by atoms with E-state index in [0.717, 1.165) is 6.07 Å². The predicted octanol–water partition coefficient (Wildman–Crippen LogP) is 2.75. The summed E-state index contributed by atoms with van der Waals surface area (Å²) >= 11 is 2.85. The molecule has 0 aliphatic carbocycles. The number of rotatable bonds is 1. The highest BCUT2D eigenvalue weighted by atomic mass is 79.9. The Balaban J connectivity index is 3.12. The summed E-state index contributed by atoms with van der Waals surface area (Å²) in [4.78, 5) is 0. The molecule has 1 aromatic carbocycles. The first kappa shape index (κ1) is 11.3. The van der Waals surface area contributed by atoms with E-state index in [1.165, 1.54) is 12.1 Å². The first-order valence-electron chi connectivity index (χ1n) is 3.55. The minimum absolute atomic E-state index is 0.0973. The maximum atomic E-state index is 12.1. The minimum atomic E-state index is -4.74. The highest BCUT2D eigenvalue weighted by molar-refractivity contribution is 9.10. The molecule has 0 bridgehead atoms.